The third-order valence-electron chi connectivity index (χ3n) is 3.23. The average molecular weight is 302 g/mol. The number of ether oxygens (including phenoxy) is 1. The van der Waals surface area contributed by atoms with Crippen LogP contribution >= 0.6 is 0 Å². The highest BCUT2D eigenvalue weighted by molar-refractivity contribution is 5.87. The van der Waals surface area contributed by atoms with E-state index in [0.717, 1.165) is 0 Å². The molecule has 0 saturated carbocycles. The van der Waals surface area contributed by atoms with Gasteiger partial charge >= 0.3 is 23.9 Å². The van der Waals surface area contributed by atoms with Crippen molar-refractivity contribution in [2.45, 2.75) is 37.8 Å². The topological polar surface area (TPSA) is 133 Å². The molecule has 0 radical (unpaired) electrons. The molecule has 0 aliphatic carbocycles. The zero-order valence-corrected chi connectivity index (χ0v) is 11.6. The van der Waals surface area contributed by atoms with Crippen LogP contribution in [0.15, 0.2) is 0 Å². The van der Waals surface area contributed by atoms with Gasteiger partial charge < -0.3 is 25.2 Å². The number of likely N-dealkylation sites (tertiary alicyclic amines) is 1. The number of carbonyl (C=O) groups is 4. The first kappa shape index (κ1) is 16.7. The first-order valence-corrected chi connectivity index (χ1v) is 6.46. The standard InChI is InChI=1S/C12H18N2O7/c1-21-11(19)8-3-2-6-14(8)12(20)13-7(10(17)18)4-5-9(15)16/h7-8H,2-6H2,1H3,(H,13,20)(H,15,16)(H,17,18). The number of carboxylic acids is 2. The third-order valence-corrected chi connectivity index (χ3v) is 3.23. The molecule has 2 unspecified atom stereocenters. The second-order valence-electron chi connectivity index (χ2n) is 4.65. The van der Waals surface area contributed by atoms with Gasteiger partial charge in [0.25, 0.3) is 0 Å². The molecule has 118 valence electrons. The number of esters is 1. The number of methoxy groups -OCH3 is 1. The van der Waals surface area contributed by atoms with Crippen LogP contribution in [0.25, 0.3) is 0 Å². The minimum atomic E-state index is -1.32. The Morgan fingerprint density at radius 1 is 1.33 bits per heavy atom. The van der Waals surface area contributed by atoms with Crippen LogP contribution < -0.4 is 5.32 Å². The highest BCUT2D eigenvalue weighted by Crippen LogP contribution is 2.18. The van der Waals surface area contributed by atoms with Crippen LogP contribution in [0.4, 0.5) is 4.79 Å². The summed E-state index contributed by atoms with van der Waals surface area (Å²) in [5, 5.41) is 19.8. The van der Waals surface area contributed by atoms with E-state index in [1.807, 2.05) is 0 Å². The lowest BCUT2D eigenvalue weighted by molar-refractivity contribution is -0.145. The number of urea groups is 1. The van der Waals surface area contributed by atoms with Gasteiger partial charge in [-0.3, -0.25) is 4.79 Å². The highest BCUT2D eigenvalue weighted by atomic mass is 16.5. The number of amides is 2. The van der Waals surface area contributed by atoms with Crippen LogP contribution in [0.1, 0.15) is 25.7 Å². The predicted molar refractivity (Wildman–Crippen MR) is 68.6 cm³/mol. The van der Waals surface area contributed by atoms with Gasteiger partial charge in [0, 0.05) is 13.0 Å². The Bertz CT molecular complexity index is 437. The quantitative estimate of drug-likeness (QED) is 0.571. The van der Waals surface area contributed by atoms with Crippen LogP contribution in [0.3, 0.4) is 0 Å². The van der Waals surface area contributed by atoms with Crippen molar-refractivity contribution in [2.75, 3.05) is 13.7 Å². The summed E-state index contributed by atoms with van der Waals surface area (Å²) >= 11 is 0. The van der Waals surface area contributed by atoms with Gasteiger partial charge in [-0.2, -0.15) is 0 Å². The molecule has 3 N–H and O–H groups in total. The van der Waals surface area contributed by atoms with Crippen molar-refractivity contribution in [3.8, 4) is 0 Å². The largest absolute Gasteiger partial charge is 0.481 e. The van der Waals surface area contributed by atoms with E-state index < -0.39 is 36.0 Å². The number of hydrogen-bond acceptors (Lipinski definition) is 5. The van der Waals surface area contributed by atoms with E-state index in [4.69, 9.17) is 10.2 Å². The fourth-order valence-corrected chi connectivity index (χ4v) is 2.15. The van der Waals surface area contributed by atoms with E-state index in [1.54, 1.807) is 0 Å². The molecule has 21 heavy (non-hydrogen) atoms. The van der Waals surface area contributed by atoms with Crippen molar-refractivity contribution >= 4 is 23.9 Å². The van der Waals surface area contributed by atoms with E-state index in [9.17, 15) is 19.2 Å². The molecular formula is C12H18N2O7. The monoisotopic (exact) mass is 302 g/mol. The van der Waals surface area contributed by atoms with E-state index in [0.29, 0.717) is 19.4 Å². The average Bonchev–Trinajstić information content (AvgIpc) is 2.91. The summed E-state index contributed by atoms with van der Waals surface area (Å²) in [6.45, 7) is 0.316. The van der Waals surface area contributed by atoms with E-state index in [-0.39, 0.29) is 12.8 Å². The van der Waals surface area contributed by atoms with Gasteiger partial charge in [0.2, 0.25) is 0 Å². The lowest BCUT2D eigenvalue weighted by Gasteiger charge is -2.25. The number of carboxylic acid groups (broad SMARTS) is 2. The predicted octanol–water partition coefficient (Wildman–Crippen LogP) is -0.349. The Labute approximate surface area is 120 Å². The summed E-state index contributed by atoms with van der Waals surface area (Å²) in [5.74, 6) is -3.03. The van der Waals surface area contributed by atoms with Crippen LogP contribution in [0.2, 0.25) is 0 Å². The molecule has 1 rings (SSSR count). The van der Waals surface area contributed by atoms with Crippen molar-refractivity contribution in [3.05, 3.63) is 0 Å². The zero-order chi connectivity index (χ0) is 16.0. The maximum Gasteiger partial charge on any atom is 0.328 e. The summed E-state index contributed by atoms with van der Waals surface area (Å²) in [6.07, 6.45) is 0.456. The van der Waals surface area contributed by atoms with Crippen molar-refractivity contribution in [1.29, 1.82) is 0 Å². The molecule has 1 aliphatic rings. The van der Waals surface area contributed by atoms with Gasteiger partial charge in [-0.1, -0.05) is 0 Å². The molecule has 0 aromatic carbocycles. The van der Waals surface area contributed by atoms with Crippen LogP contribution in [0.5, 0.6) is 0 Å². The molecule has 9 nitrogen and oxygen atoms in total. The molecular weight excluding hydrogens is 284 g/mol. The van der Waals surface area contributed by atoms with Crippen LogP contribution in [0, 0.1) is 0 Å². The van der Waals surface area contributed by atoms with Crippen molar-refractivity contribution < 1.29 is 34.1 Å². The molecule has 1 fully saturated rings. The fourth-order valence-electron chi connectivity index (χ4n) is 2.15. The minimum absolute atomic E-state index is 0.229. The van der Waals surface area contributed by atoms with Gasteiger partial charge in [-0.15, -0.1) is 0 Å². The van der Waals surface area contributed by atoms with Crippen LogP contribution in [-0.4, -0.2) is 64.8 Å². The first-order chi connectivity index (χ1) is 9.86. The molecule has 0 aromatic rings. The molecule has 1 saturated heterocycles. The zero-order valence-electron chi connectivity index (χ0n) is 11.6. The number of carbonyl (C=O) groups excluding carboxylic acids is 2. The van der Waals surface area contributed by atoms with E-state index in [1.165, 1.54) is 12.0 Å². The second-order valence-corrected chi connectivity index (χ2v) is 4.65. The van der Waals surface area contributed by atoms with Crippen LogP contribution in [-0.2, 0) is 19.1 Å². The van der Waals surface area contributed by atoms with Crippen molar-refractivity contribution in [2.24, 2.45) is 0 Å². The Morgan fingerprint density at radius 2 is 2.00 bits per heavy atom. The Hall–Kier alpha value is -2.32. The molecule has 1 aliphatic heterocycles. The number of aliphatic carboxylic acids is 2. The summed E-state index contributed by atoms with van der Waals surface area (Å²) in [6, 6.07) is -2.75. The van der Waals surface area contributed by atoms with Gasteiger partial charge in [0.15, 0.2) is 0 Å². The molecule has 2 atom stereocenters. The Balaban J connectivity index is 2.66. The summed E-state index contributed by atoms with van der Waals surface area (Å²) < 4.78 is 4.59. The maximum absolute atomic E-state index is 12.0. The summed E-state index contributed by atoms with van der Waals surface area (Å²) in [7, 11) is 1.21. The summed E-state index contributed by atoms with van der Waals surface area (Å²) in [4.78, 5) is 46.3. The molecule has 0 bridgehead atoms. The van der Waals surface area contributed by atoms with Gasteiger partial charge in [-0.05, 0) is 19.3 Å². The summed E-state index contributed by atoms with van der Waals surface area (Å²) in [5.41, 5.74) is 0. The number of nitrogens with one attached hydrogen (secondary N) is 1. The second kappa shape index (κ2) is 7.46. The van der Waals surface area contributed by atoms with E-state index >= 15 is 0 Å². The Morgan fingerprint density at radius 3 is 2.52 bits per heavy atom. The molecule has 0 spiro atoms. The Kier molecular flexibility index (Phi) is 5.94. The minimum Gasteiger partial charge on any atom is -0.481 e. The first-order valence-electron chi connectivity index (χ1n) is 6.46. The normalized spacial score (nSPS) is 18.9. The maximum atomic E-state index is 12.0. The molecule has 0 aromatic heterocycles. The fraction of sp³-hybridized carbons (Fsp3) is 0.667. The van der Waals surface area contributed by atoms with E-state index in [2.05, 4.69) is 10.1 Å². The number of nitrogens with zero attached hydrogens (tertiary/aromatic N) is 1. The number of rotatable bonds is 6. The molecule has 1 heterocycles. The van der Waals surface area contributed by atoms with Gasteiger partial charge in [0.1, 0.15) is 12.1 Å². The van der Waals surface area contributed by atoms with Crippen molar-refractivity contribution in [3.63, 3.8) is 0 Å². The third kappa shape index (κ3) is 4.62. The lowest BCUT2D eigenvalue weighted by Crippen LogP contribution is -2.51. The van der Waals surface area contributed by atoms with Crippen molar-refractivity contribution in [1.82, 2.24) is 10.2 Å². The number of hydrogen-bond donors (Lipinski definition) is 3. The lowest BCUT2D eigenvalue weighted by atomic mass is 10.1. The molecule has 9 heteroatoms. The molecule has 2 amide bonds. The van der Waals surface area contributed by atoms with Gasteiger partial charge in [0.05, 0.1) is 7.11 Å². The smallest absolute Gasteiger partial charge is 0.328 e. The van der Waals surface area contributed by atoms with Gasteiger partial charge in [-0.25, -0.2) is 14.4 Å². The SMILES string of the molecule is COC(=O)C1CCCN1C(=O)NC(CCC(=O)O)C(=O)O. The highest BCUT2D eigenvalue weighted by Gasteiger charge is 2.36.